The van der Waals surface area contributed by atoms with Gasteiger partial charge in [0.15, 0.2) is 0 Å². The van der Waals surface area contributed by atoms with Crippen LogP contribution in [0.3, 0.4) is 0 Å². The first-order valence-corrected chi connectivity index (χ1v) is 5.45. The Kier molecular flexibility index (Phi) is 4.39. The minimum atomic E-state index is -4.24. The summed E-state index contributed by atoms with van der Waals surface area (Å²) in [6, 6.07) is 4.43. The van der Waals surface area contributed by atoms with Gasteiger partial charge in [0.05, 0.1) is 5.56 Å². The molecule has 0 saturated heterocycles. The number of hydrogen-bond acceptors (Lipinski definition) is 0. The van der Waals surface area contributed by atoms with Gasteiger partial charge in [-0.1, -0.05) is 32.4 Å². The molecular weight excluding hydrogens is 213 g/mol. The molecule has 0 heterocycles. The average molecular weight is 229 g/mol. The SMILES string of the molecule is C[CH]Cc1ccc(C(F)(F)F)c(CCC)c1. The first-order valence-electron chi connectivity index (χ1n) is 5.45. The number of rotatable bonds is 4. The molecule has 0 unspecified atom stereocenters. The first-order chi connectivity index (χ1) is 7.49. The highest BCUT2D eigenvalue weighted by molar-refractivity contribution is 5.34. The van der Waals surface area contributed by atoms with Crippen molar-refractivity contribution in [1.82, 2.24) is 0 Å². The maximum absolute atomic E-state index is 12.7. The lowest BCUT2D eigenvalue weighted by Gasteiger charge is -2.13. The molecule has 0 bridgehead atoms. The van der Waals surface area contributed by atoms with Gasteiger partial charge in [-0.15, -0.1) is 0 Å². The zero-order valence-corrected chi connectivity index (χ0v) is 9.56. The van der Waals surface area contributed by atoms with Gasteiger partial charge in [-0.05, 0) is 36.5 Å². The van der Waals surface area contributed by atoms with E-state index in [1.54, 1.807) is 12.1 Å². The number of alkyl halides is 3. The Bertz CT molecular complexity index is 340. The highest BCUT2D eigenvalue weighted by Gasteiger charge is 2.32. The summed E-state index contributed by atoms with van der Waals surface area (Å²) in [5.41, 5.74) is 0.863. The maximum atomic E-state index is 12.7. The maximum Gasteiger partial charge on any atom is 0.416 e. The molecule has 0 amide bonds. The lowest BCUT2D eigenvalue weighted by atomic mass is 9.98. The Hall–Kier alpha value is -0.990. The smallest absolute Gasteiger partial charge is 0.166 e. The topological polar surface area (TPSA) is 0 Å². The second-order valence-electron chi connectivity index (χ2n) is 3.85. The second-order valence-corrected chi connectivity index (χ2v) is 3.85. The number of benzene rings is 1. The quantitative estimate of drug-likeness (QED) is 0.716. The fourth-order valence-corrected chi connectivity index (χ4v) is 1.76. The molecule has 1 aromatic rings. The molecule has 1 aromatic carbocycles. The molecule has 0 aliphatic heterocycles. The average Bonchev–Trinajstić information content (AvgIpc) is 2.17. The van der Waals surface area contributed by atoms with Crippen LogP contribution < -0.4 is 0 Å². The van der Waals surface area contributed by atoms with Gasteiger partial charge in [-0.25, -0.2) is 0 Å². The fourth-order valence-electron chi connectivity index (χ4n) is 1.76. The van der Waals surface area contributed by atoms with Crippen LogP contribution in [0.2, 0.25) is 0 Å². The highest BCUT2D eigenvalue weighted by atomic mass is 19.4. The molecular formula is C13H16F3. The summed E-state index contributed by atoms with van der Waals surface area (Å²) in [4.78, 5) is 0. The molecule has 0 aliphatic rings. The third kappa shape index (κ3) is 3.26. The van der Waals surface area contributed by atoms with Gasteiger partial charge >= 0.3 is 6.18 Å². The van der Waals surface area contributed by atoms with E-state index in [1.807, 2.05) is 20.3 Å². The zero-order valence-electron chi connectivity index (χ0n) is 9.56. The van der Waals surface area contributed by atoms with Crippen molar-refractivity contribution in [3.63, 3.8) is 0 Å². The third-order valence-corrected chi connectivity index (χ3v) is 2.43. The Balaban J connectivity index is 3.09. The van der Waals surface area contributed by atoms with E-state index >= 15 is 0 Å². The van der Waals surface area contributed by atoms with Crippen molar-refractivity contribution in [3.8, 4) is 0 Å². The van der Waals surface area contributed by atoms with E-state index in [0.29, 0.717) is 12.0 Å². The van der Waals surface area contributed by atoms with Crippen LogP contribution in [0.25, 0.3) is 0 Å². The summed E-state index contributed by atoms with van der Waals surface area (Å²) in [5, 5.41) is 0. The standard InChI is InChI=1S/C13H16F3/c1-3-5-10-7-8-12(13(14,15)16)11(9-10)6-4-2/h3,7-9H,4-6H2,1-2H3. The molecule has 0 nitrogen and oxygen atoms in total. The third-order valence-electron chi connectivity index (χ3n) is 2.43. The summed E-state index contributed by atoms with van der Waals surface area (Å²) >= 11 is 0. The number of aryl methyl sites for hydroxylation is 1. The summed E-state index contributed by atoms with van der Waals surface area (Å²) in [6.07, 6.45) is -0.374. The van der Waals surface area contributed by atoms with Crippen molar-refractivity contribution in [2.24, 2.45) is 0 Å². The fraction of sp³-hybridized carbons (Fsp3) is 0.462. The molecule has 89 valence electrons. The van der Waals surface area contributed by atoms with Gasteiger partial charge in [-0.3, -0.25) is 0 Å². The zero-order chi connectivity index (χ0) is 12.2. The predicted molar refractivity (Wildman–Crippen MR) is 59.1 cm³/mol. The Morgan fingerprint density at radius 2 is 1.94 bits per heavy atom. The van der Waals surface area contributed by atoms with Crippen molar-refractivity contribution in [3.05, 3.63) is 41.3 Å². The van der Waals surface area contributed by atoms with Gasteiger partial charge in [0.2, 0.25) is 0 Å². The Morgan fingerprint density at radius 1 is 1.25 bits per heavy atom. The summed E-state index contributed by atoms with van der Waals surface area (Å²) in [5.74, 6) is 0. The van der Waals surface area contributed by atoms with Crippen molar-refractivity contribution in [2.45, 2.75) is 39.3 Å². The molecule has 16 heavy (non-hydrogen) atoms. The predicted octanol–water partition coefficient (Wildman–Crippen LogP) is 4.42. The number of hydrogen-bond donors (Lipinski definition) is 0. The van der Waals surface area contributed by atoms with Crippen LogP contribution in [0.15, 0.2) is 18.2 Å². The lowest BCUT2D eigenvalue weighted by molar-refractivity contribution is -0.138. The molecule has 0 saturated carbocycles. The molecule has 0 aromatic heterocycles. The van der Waals surface area contributed by atoms with E-state index in [-0.39, 0.29) is 0 Å². The second kappa shape index (κ2) is 5.37. The summed E-state index contributed by atoms with van der Waals surface area (Å²) < 4.78 is 38.0. The molecule has 3 heteroatoms. The van der Waals surface area contributed by atoms with Crippen molar-refractivity contribution in [2.75, 3.05) is 0 Å². The van der Waals surface area contributed by atoms with E-state index in [1.165, 1.54) is 6.07 Å². The van der Waals surface area contributed by atoms with E-state index in [0.717, 1.165) is 18.4 Å². The van der Waals surface area contributed by atoms with Crippen LogP contribution >= 0.6 is 0 Å². The molecule has 0 fully saturated rings. The minimum Gasteiger partial charge on any atom is -0.166 e. The van der Waals surface area contributed by atoms with Crippen LogP contribution in [0.1, 0.15) is 37.0 Å². The summed E-state index contributed by atoms with van der Waals surface area (Å²) in [6.45, 7) is 3.79. The largest absolute Gasteiger partial charge is 0.416 e. The molecule has 0 aliphatic carbocycles. The molecule has 0 N–H and O–H groups in total. The van der Waals surface area contributed by atoms with Gasteiger partial charge in [0, 0.05) is 0 Å². The normalized spacial score (nSPS) is 11.8. The van der Waals surface area contributed by atoms with Crippen LogP contribution in [-0.4, -0.2) is 0 Å². The molecule has 1 radical (unpaired) electrons. The minimum absolute atomic E-state index is 0.411. The van der Waals surface area contributed by atoms with Crippen molar-refractivity contribution < 1.29 is 13.2 Å². The van der Waals surface area contributed by atoms with Gasteiger partial charge in [-0.2, -0.15) is 13.2 Å². The molecule has 1 rings (SSSR count). The van der Waals surface area contributed by atoms with Crippen molar-refractivity contribution in [1.29, 1.82) is 0 Å². The first kappa shape index (κ1) is 13.1. The molecule has 0 spiro atoms. The van der Waals surface area contributed by atoms with Crippen LogP contribution in [0, 0.1) is 6.42 Å². The van der Waals surface area contributed by atoms with Gasteiger partial charge < -0.3 is 0 Å². The van der Waals surface area contributed by atoms with E-state index in [2.05, 4.69) is 0 Å². The number of halogens is 3. The van der Waals surface area contributed by atoms with Gasteiger partial charge in [0.25, 0.3) is 0 Å². The van der Waals surface area contributed by atoms with E-state index in [4.69, 9.17) is 0 Å². The van der Waals surface area contributed by atoms with Crippen molar-refractivity contribution >= 4 is 0 Å². The molecule has 0 atom stereocenters. The van der Waals surface area contributed by atoms with E-state index in [9.17, 15) is 13.2 Å². The highest BCUT2D eigenvalue weighted by Crippen LogP contribution is 2.33. The van der Waals surface area contributed by atoms with Crippen LogP contribution in [0.5, 0.6) is 0 Å². The van der Waals surface area contributed by atoms with Crippen LogP contribution in [0.4, 0.5) is 13.2 Å². The Labute approximate surface area is 94.5 Å². The van der Waals surface area contributed by atoms with Crippen LogP contribution in [-0.2, 0) is 19.0 Å². The summed E-state index contributed by atoms with van der Waals surface area (Å²) in [7, 11) is 0. The monoisotopic (exact) mass is 229 g/mol. The van der Waals surface area contributed by atoms with E-state index < -0.39 is 11.7 Å². The van der Waals surface area contributed by atoms with Gasteiger partial charge in [0.1, 0.15) is 0 Å². The lowest BCUT2D eigenvalue weighted by Crippen LogP contribution is -2.09. The Morgan fingerprint density at radius 3 is 2.44 bits per heavy atom.